The van der Waals surface area contributed by atoms with Crippen LogP contribution in [-0.4, -0.2) is 50.6 Å². The summed E-state index contributed by atoms with van der Waals surface area (Å²) in [5.74, 6) is 0.409. The number of hydrogen-bond acceptors (Lipinski definition) is 5. The fourth-order valence-corrected chi connectivity index (χ4v) is 5.64. The average Bonchev–Trinajstić information content (AvgIpc) is 3.43. The predicted molar refractivity (Wildman–Crippen MR) is 149 cm³/mol. The molecule has 1 atom stereocenters. The number of urea groups is 1. The lowest BCUT2D eigenvalue weighted by Crippen LogP contribution is -2.46. The van der Waals surface area contributed by atoms with Crippen LogP contribution in [0.15, 0.2) is 66.0 Å². The monoisotopic (exact) mass is 559 g/mol. The first-order valence-electron chi connectivity index (χ1n) is 12.8. The van der Waals surface area contributed by atoms with Crippen LogP contribution in [0.25, 0.3) is 0 Å². The number of rotatable bonds is 8. The van der Waals surface area contributed by atoms with Crippen LogP contribution in [0.3, 0.4) is 0 Å². The Morgan fingerprint density at radius 2 is 1.61 bits per heavy atom. The Morgan fingerprint density at radius 1 is 0.974 bits per heavy atom. The Bertz CT molecular complexity index is 1250. The summed E-state index contributed by atoms with van der Waals surface area (Å²) >= 11 is 5.92. The summed E-state index contributed by atoms with van der Waals surface area (Å²) in [6.45, 7) is 1.67. The maximum absolute atomic E-state index is 13.4. The highest BCUT2D eigenvalue weighted by molar-refractivity contribution is 7.88. The number of sulfonamides is 1. The number of allylic oxidation sites excluding steroid dienone is 1. The van der Waals surface area contributed by atoms with E-state index in [1.165, 1.54) is 6.26 Å². The summed E-state index contributed by atoms with van der Waals surface area (Å²) in [6.07, 6.45) is 5.99. The van der Waals surface area contributed by atoms with Crippen molar-refractivity contribution >= 4 is 39.2 Å². The molecule has 4 rings (SSSR count). The van der Waals surface area contributed by atoms with Crippen LogP contribution < -0.4 is 20.7 Å². The molecule has 11 heteroatoms. The molecule has 0 aromatic heterocycles. The first-order chi connectivity index (χ1) is 18.2. The Morgan fingerprint density at radius 3 is 2.21 bits per heavy atom. The molecule has 1 unspecified atom stereocenters. The second kappa shape index (κ2) is 12.5. The van der Waals surface area contributed by atoms with Crippen LogP contribution in [0.4, 0.5) is 10.5 Å². The smallest absolute Gasteiger partial charge is 0.320 e. The van der Waals surface area contributed by atoms with E-state index in [-0.39, 0.29) is 11.9 Å². The van der Waals surface area contributed by atoms with Crippen molar-refractivity contribution in [2.24, 2.45) is 0 Å². The van der Waals surface area contributed by atoms with Crippen molar-refractivity contribution in [3.05, 3.63) is 76.6 Å². The lowest BCUT2D eigenvalue weighted by atomic mass is 9.90. The van der Waals surface area contributed by atoms with E-state index in [1.54, 1.807) is 36.4 Å². The highest BCUT2D eigenvalue weighted by Crippen LogP contribution is 2.29. The number of hydrogen-bond donors (Lipinski definition) is 4. The van der Waals surface area contributed by atoms with Gasteiger partial charge in [-0.25, -0.2) is 13.2 Å². The van der Waals surface area contributed by atoms with E-state index in [2.05, 4.69) is 25.6 Å². The summed E-state index contributed by atoms with van der Waals surface area (Å²) in [5, 5.41) is 9.18. The minimum atomic E-state index is -3.39. The average molecular weight is 560 g/mol. The van der Waals surface area contributed by atoms with Gasteiger partial charge < -0.3 is 20.9 Å². The van der Waals surface area contributed by atoms with Crippen molar-refractivity contribution < 1.29 is 18.0 Å². The van der Waals surface area contributed by atoms with Crippen LogP contribution in [0, 0.1) is 0 Å². The number of benzene rings is 2. The number of nitrogens with one attached hydrogen (secondary N) is 4. The van der Waals surface area contributed by atoms with Gasteiger partial charge in [0.15, 0.2) is 0 Å². The molecule has 1 saturated carbocycles. The van der Waals surface area contributed by atoms with Crippen LogP contribution >= 0.6 is 11.6 Å². The highest BCUT2D eigenvalue weighted by Gasteiger charge is 2.29. The fourth-order valence-electron chi connectivity index (χ4n) is 4.89. The molecule has 1 aliphatic heterocycles. The molecule has 0 radical (unpaired) electrons. The molecule has 2 fully saturated rings. The first-order valence-corrected chi connectivity index (χ1v) is 15.1. The first kappa shape index (κ1) is 27.8. The zero-order chi connectivity index (χ0) is 27.1. The minimum Gasteiger partial charge on any atom is -0.358 e. The third-order valence-corrected chi connectivity index (χ3v) is 7.56. The number of carbonyl (C=O) groups excluding carboxylic acids is 2. The molecule has 0 bridgehead atoms. The Labute approximate surface area is 229 Å². The van der Waals surface area contributed by atoms with Crippen molar-refractivity contribution in [3.63, 3.8) is 0 Å². The van der Waals surface area contributed by atoms with Gasteiger partial charge in [-0.2, -0.15) is 0 Å². The standard InChI is InChI=1S/C27H34ClN5O4S/c1-38(36,37)32-25(33-17-5-6-18-33)20-9-13-22(14-10-20)29-26(34)24(19-7-3-2-4-8-19)31-27(35)30-23-15-11-21(28)12-16-23/h2-4,7-8,11-12,15-16,22,24,32H,5-6,9-10,13-14,17-18H2,1H3,(H,29,34)(H2,30,31,35). The lowest BCUT2D eigenvalue weighted by molar-refractivity contribution is -0.123. The maximum Gasteiger partial charge on any atom is 0.320 e. The third kappa shape index (κ3) is 7.88. The van der Waals surface area contributed by atoms with E-state index < -0.39 is 22.1 Å². The van der Waals surface area contributed by atoms with Crippen molar-refractivity contribution in [3.8, 4) is 0 Å². The molecule has 38 heavy (non-hydrogen) atoms. The van der Waals surface area contributed by atoms with Gasteiger partial charge in [-0.3, -0.25) is 9.52 Å². The Balaban J connectivity index is 1.41. The minimum absolute atomic E-state index is 0.0864. The summed E-state index contributed by atoms with van der Waals surface area (Å²) < 4.78 is 26.7. The molecular weight excluding hydrogens is 526 g/mol. The van der Waals surface area contributed by atoms with Crippen molar-refractivity contribution in [2.75, 3.05) is 24.7 Å². The molecule has 1 saturated heterocycles. The topological polar surface area (TPSA) is 120 Å². The second-order valence-electron chi connectivity index (χ2n) is 9.75. The van der Waals surface area contributed by atoms with E-state index in [1.807, 2.05) is 18.2 Å². The second-order valence-corrected chi connectivity index (χ2v) is 11.9. The number of likely N-dealkylation sites (tertiary alicyclic amines) is 1. The summed E-state index contributed by atoms with van der Waals surface area (Å²) in [5.41, 5.74) is 2.30. The van der Waals surface area contributed by atoms with Gasteiger partial charge in [0.2, 0.25) is 15.9 Å². The Hall–Kier alpha value is -3.24. The van der Waals surface area contributed by atoms with E-state index in [0.29, 0.717) is 47.8 Å². The van der Waals surface area contributed by atoms with Crippen molar-refractivity contribution in [1.82, 2.24) is 20.3 Å². The largest absolute Gasteiger partial charge is 0.358 e. The van der Waals surface area contributed by atoms with Crippen LogP contribution in [0.1, 0.15) is 50.1 Å². The van der Waals surface area contributed by atoms with Gasteiger partial charge in [0.05, 0.1) is 6.26 Å². The fraction of sp³-hybridized carbons (Fsp3) is 0.407. The molecule has 1 heterocycles. The van der Waals surface area contributed by atoms with Gasteiger partial charge >= 0.3 is 6.03 Å². The van der Waals surface area contributed by atoms with E-state index >= 15 is 0 Å². The normalized spacial score (nSPS) is 18.4. The highest BCUT2D eigenvalue weighted by atomic mass is 35.5. The molecule has 0 spiro atoms. The van der Waals surface area contributed by atoms with Gasteiger partial charge in [0, 0.05) is 29.8 Å². The number of amides is 3. The molecule has 2 aromatic rings. The number of halogens is 1. The molecule has 3 amide bonds. The van der Waals surface area contributed by atoms with Crippen LogP contribution in [0.2, 0.25) is 5.02 Å². The zero-order valence-corrected chi connectivity index (χ0v) is 22.9. The predicted octanol–water partition coefficient (Wildman–Crippen LogP) is 4.12. The quantitative estimate of drug-likeness (QED) is 0.388. The SMILES string of the molecule is CS(=O)(=O)NC(=C1CCC(NC(=O)C(NC(=O)Nc2ccc(Cl)cc2)c2ccccc2)CC1)N1CCCC1. The summed E-state index contributed by atoms with van der Waals surface area (Å²) in [7, 11) is -3.39. The molecule has 1 aliphatic carbocycles. The molecular formula is C27H34ClN5O4S. The van der Waals surface area contributed by atoms with E-state index in [0.717, 1.165) is 31.5 Å². The number of carbonyl (C=O) groups is 2. The Kier molecular flexibility index (Phi) is 9.17. The summed E-state index contributed by atoms with van der Waals surface area (Å²) in [4.78, 5) is 28.2. The molecule has 9 nitrogen and oxygen atoms in total. The van der Waals surface area contributed by atoms with E-state index in [9.17, 15) is 18.0 Å². The van der Waals surface area contributed by atoms with Gasteiger partial charge in [0.25, 0.3) is 0 Å². The molecule has 2 aliphatic rings. The van der Waals surface area contributed by atoms with Gasteiger partial charge in [-0.15, -0.1) is 0 Å². The third-order valence-electron chi connectivity index (χ3n) is 6.75. The summed E-state index contributed by atoms with van der Waals surface area (Å²) in [6, 6.07) is 14.3. The molecule has 2 aromatic carbocycles. The molecule has 204 valence electrons. The van der Waals surface area contributed by atoms with Gasteiger partial charge in [0.1, 0.15) is 11.9 Å². The van der Waals surface area contributed by atoms with E-state index in [4.69, 9.17) is 11.6 Å². The lowest BCUT2D eigenvalue weighted by Gasteiger charge is -2.31. The van der Waals surface area contributed by atoms with Gasteiger partial charge in [-0.1, -0.05) is 41.9 Å². The van der Waals surface area contributed by atoms with Crippen LogP contribution in [0.5, 0.6) is 0 Å². The van der Waals surface area contributed by atoms with Gasteiger partial charge in [-0.05, 0) is 73.9 Å². The number of anilines is 1. The van der Waals surface area contributed by atoms with Crippen molar-refractivity contribution in [2.45, 2.75) is 50.6 Å². The number of nitrogens with zero attached hydrogens (tertiary/aromatic N) is 1. The van der Waals surface area contributed by atoms with Crippen molar-refractivity contribution in [1.29, 1.82) is 0 Å². The van der Waals surface area contributed by atoms with Crippen LogP contribution in [-0.2, 0) is 14.8 Å². The maximum atomic E-state index is 13.4. The molecule has 4 N–H and O–H groups in total. The zero-order valence-electron chi connectivity index (χ0n) is 21.4.